The van der Waals surface area contributed by atoms with E-state index in [0.717, 1.165) is 11.3 Å². The summed E-state index contributed by atoms with van der Waals surface area (Å²) >= 11 is 3.30. The molecule has 0 spiro atoms. The summed E-state index contributed by atoms with van der Waals surface area (Å²) in [7, 11) is 0. The summed E-state index contributed by atoms with van der Waals surface area (Å²) in [5.41, 5.74) is 2.11. The maximum Gasteiger partial charge on any atom is 0.230 e. The first kappa shape index (κ1) is 16.9. The summed E-state index contributed by atoms with van der Waals surface area (Å²) < 4.78 is 12.8. The van der Waals surface area contributed by atoms with Crippen LogP contribution >= 0.6 is 23.5 Å². The van der Waals surface area contributed by atoms with Gasteiger partial charge >= 0.3 is 0 Å². The SMILES string of the molecule is CSc1ccc(CSCC(=O)NCc2ccc(F)cc2)cc1. The van der Waals surface area contributed by atoms with Gasteiger partial charge in [-0.05, 0) is 41.6 Å². The average molecular weight is 335 g/mol. The second kappa shape index (κ2) is 8.86. The minimum absolute atomic E-state index is 0.00458. The monoisotopic (exact) mass is 335 g/mol. The Hall–Kier alpha value is -1.46. The van der Waals surface area contributed by atoms with Crippen LogP contribution in [0.2, 0.25) is 0 Å². The predicted octanol–water partition coefficient (Wildman–Crippen LogP) is 4.10. The van der Waals surface area contributed by atoms with Crippen LogP contribution in [-0.2, 0) is 17.1 Å². The first-order chi connectivity index (χ1) is 10.7. The summed E-state index contributed by atoms with van der Waals surface area (Å²) in [5.74, 6) is 0.970. The molecule has 2 aromatic carbocycles. The van der Waals surface area contributed by atoms with E-state index < -0.39 is 0 Å². The molecular weight excluding hydrogens is 317 g/mol. The molecular formula is C17H18FNOS2. The number of amides is 1. The van der Waals surface area contributed by atoms with E-state index in [2.05, 4.69) is 35.8 Å². The molecule has 0 aliphatic carbocycles. The fourth-order valence-corrected chi connectivity index (χ4v) is 3.06. The average Bonchev–Trinajstić information content (AvgIpc) is 2.55. The largest absolute Gasteiger partial charge is 0.351 e. The van der Waals surface area contributed by atoms with Crippen LogP contribution in [0.25, 0.3) is 0 Å². The number of hydrogen-bond acceptors (Lipinski definition) is 3. The molecule has 2 aromatic rings. The molecule has 0 aromatic heterocycles. The Bertz CT molecular complexity index is 599. The Morgan fingerprint density at radius 2 is 1.68 bits per heavy atom. The molecule has 0 saturated carbocycles. The minimum atomic E-state index is -0.266. The number of nitrogens with one attached hydrogen (secondary N) is 1. The number of carbonyl (C=O) groups excluding carboxylic acids is 1. The molecule has 0 aliphatic rings. The van der Waals surface area contributed by atoms with Crippen molar-refractivity contribution < 1.29 is 9.18 Å². The van der Waals surface area contributed by atoms with Crippen molar-refractivity contribution in [2.75, 3.05) is 12.0 Å². The van der Waals surface area contributed by atoms with Crippen LogP contribution in [0, 0.1) is 5.82 Å². The van der Waals surface area contributed by atoms with Crippen molar-refractivity contribution in [1.29, 1.82) is 0 Å². The highest BCUT2D eigenvalue weighted by molar-refractivity contribution is 7.99. The quantitative estimate of drug-likeness (QED) is 0.773. The lowest BCUT2D eigenvalue weighted by Crippen LogP contribution is -2.24. The molecule has 1 amide bonds. The smallest absolute Gasteiger partial charge is 0.230 e. The lowest BCUT2D eigenvalue weighted by atomic mass is 10.2. The predicted molar refractivity (Wildman–Crippen MR) is 92.6 cm³/mol. The highest BCUT2D eigenvalue weighted by Crippen LogP contribution is 2.18. The standard InChI is InChI=1S/C17H18FNOS2/c1-21-16-8-4-14(5-9-16)11-22-12-17(20)19-10-13-2-6-15(18)7-3-13/h2-9H,10-12H2,1H3,(H,19,20). The lowest BCUT2D eigenvalue weighted by Gasteiger charge is -2.06. The number of hydrogen-bond donors (Lipinski definition) is 1. The van der Waals surface area contributed by atoms with Crippen LogP contribution in [-0.4, -0.2) is 17.9 Å². The van der Waals surface area contributed by atoms with Gasteiger partial charge in [-0.25, -0.2) is 4.39 Å². The molecule has 5 heteroatoms. The molecule has 0 saturated heterocycles. The van der Waals surface area contributed by atoms with Crippen LogP contribution in [0.1, 0.15) is 11.1 Å². The number of carbonyl (C=O) groups is 1. The van der Waals surface area contributed by atoms with Gasteiger partial charge < -0.3 is 5.32 Å². The Kier molecular flexibility index (Phi) is 6.80. The van der Waals surface area contributed by atoms with Crippen LogP contribution in [0.15, 0.2) is 53.4 Å². The van der Waals surface area contributed by atoms with Gasteiger partial charge in [0.1, 0.15) is 5.82 Å². The third kappa shape index (κ3) is 5.73. The Morgan fingerprint density at radius 1 is 1.05 bits per heavy atom. The topological polar surface area (TPSA) is 29.1 Å². The van der Waals surface area contributed by atoms with Gasteiger partial charge in [-0.1, -0.05) is 24.3 Å². The summed E-state index contributed by atoms with van der Waals surface area (Å²) in [5, 5.41) is 2.84. The van der Waals surface area contributed by atoms with E-state index >= 15 is 0 Å². The van der Waals surface area contributed by atoms with Crippen molar-refractivity contribution in [2.45, 2.75) is 17.2 Å². The number of benzene rings is 2. The normalized spacial score (nSPS) is 10.5. The van der Waals surface area contributed by atoms with Crippen molar-refractivity contribution >= 4 is 29.4 Å². The van der Waals surface area contributed by atoms with Crippen molar-refractivity contribution in [3.63, 3.8) is 0 Å². The van der Waals surface area contributed by atoms with Gasteiger partial charge in [0.25, 0.3) is 0 Å². The summed E-state index contributed by atoms with van der Waals surface area (Å²) in [6, 6.07) is 14.5. The summed E-state index contributed by atoms with van der Waals surface area (Å²) in [6.07, 6.45) is 2.05. The molecule has 0 unspecified atom stereocenters. The zero-order valence-electron chi connectivity index (χ0n) is 12.3. The Labute approximate surface area is 138 Å². The molecule has 0 heterocycles. The molecule has 0 bridgehead atoms. The van der Waals surface area contributed by atoms with E-state index in [-0.39, 0.29) is 11.7 Å². The number of halogens is 1. The van der Waals surface area contributed by atoms with Gasteiger partial charge in [0.2, 0.25) is 5.91 Å². The van der Waals surface area contributed by atoms with E-state index in [1.807, 2.05) is 0 Å². The van der Waals surface area contributed by atoms with E-state index in [9.17, 15) is 9.18 Å². The fourth-order valence-electron chi connectivity index (χ4n) is 1.84. The molecule has 0 fully saturated rings. The highest BCUT2D eigenvalue weighted by atomic mass is 32.2. The third-order valence-electron chi connectivity index (χ3n) is 3.06. The van der Waals surface area contributed by atoms with Crippen LogP contribution < -0.4 is 5.32 Å². The van der Waals surface area contributed by atoms with E-state index in [4.69, 9.17) is 0 Å². The second-order valence-corrected chi connectivity index (χ2v) is 6.61. The van der Waals surface area contributed by atoms with Crippen molar-refractivity contribution in [1.82, 2.24) is 5.32 Å². The number of rotatable bonds is 7. The first-order valence-corrected chi connectivity index (χ1v) is 9.27. The van der Waals surface area contributed by atoms with Crippen molar-refractivity contribution in [3.8, 4) is 0 Å². The van der Waals surface area contributed by atoms with Crippen LogP contribution in [0.3, 0.4) is 0 Å². The molecule has 0 aliphatic heterocycles. The van der Waals surface area contributed by atoms with Crippen LogP contribution in [0.4, 0.5) is 4.39 Å². The van der Waals surface area contributed by atoms with Crippen LogP contribution in [0.5, 0.6) is 0 Å². The molecule has 0 radical (unpaired) electrons. The molecule has 1 N–H and O–H groups in total. The van der Waals surface area contributed by atoms with Crippen molar-refractivity contribution in [3.05, 3.63) is 65.5 Å². The van der Waals surface area contributed by atoms with Crippen molar-refractivity contribution in [2.24, 2.45) is 0 Å². The van der Waals surface area contributed by atoms with Gasteiger partial charge in [-0.15, -0.1) is 23.5 Å². The van der Waals surface area contributed by atoms with Gasteiger partial charge in [0.05, 0.1) is 5.75 Å². The molecule has 116 valence electrons. The maximum atomic E-state index is 12.8. The number of thioether (sulfide) groups is 2. The van der Waals surface area contributed by atoms with E-state index in [0.29, 0.717) is 12.3 Å². The highest BCUT2D eigenvalue weighted by Gasteiger charge is 2.03. The molecule has 2 nitrogen and oxygen atoms in total. The zero-order valence-corrected chi connectivity index (χ0v) is 14.0. The van der Waals surface area contributed by atoms with Gasteiger partial charge in [-0.3, -0.25) is 4.79 Å². The second-order valence-electron chi connectivity index (χ2n) is 4.74. The van der Waals surface area contributed by atoms with E-state index in [1.54, 1.807) is 35.7 Å². The fraction of sp³-hybridized carbons (Fsp3) is 0.235. The van der Waals surface area contributed by atoms with Gasteiger partial charge in [-0.2, -0.15) is 0 Å². The molecule has 0 atom stereocenters. The Balaban J connectivity index is 1.67. The Morgan fingerprint density at radius 3 is 2.32 bits per heavy atom. The lowest BCUT2D eigenvalue weighted by molar-refractivity contribution is -0.118. The zero-order chi connectivity index (χ0) is 15.8. The van der Waals surface area contributed by atoms with Gasteiger partial charge in [0, 0.05) is 17.2 Å². The summed E-state index contributed by atoms with van der Waals surface area (Å²) in [6.45, 7) is 0.433. The maximum absolute atomic E-state index is 12.8. The van der Waals surface area contributed by atoms with E-state index in [1.165, 1.54) is 22.6 Å². The third-order valence-corrected chi connectivity index (χ3v) is 4.81. The van der Waals surface area contributed by atoms with Gasteiger partial charge in [0.15, 0.2) is 0 Å². The first-order valence-electron chi connectivity index (χ1n) is 6.89. The molecule has 2 rings (SSSR count). The minimum Gasteiger partial charge on any atom is -0.351 e. The summed E-state index contributed by atoms with van der Waals surface area (Å²) in [4.78, 5) is 13.0. The molecule has 22 heavy (non-hydrogen) atoms.